The van der Waals surface area contributed by atoms with Crippen LogP contribution in [0.2, 0.25) is 0 Å². The van der Waals surface area contributed by atoms with Gasteiger partial charge in [-0.1, -0.05) is 6.92 Å². The van der Waals surface area contributed by atoms with E-state index in [1.165, 1.54) is 4.90 Å². The number of nitrogens with one attached hydrogen (secondary N) is 2. The maximum atomic E-state index is 13.7. The molecule has 2 aliphatic heterocycles. The van der Waals surface area contributed by atoms with Crippen LogP contribution < -0.4 is 24.8 Å². The van der Waals surface area contributed by atoms with E-state index >= 15 is 0 Å². The van der Waals surface area contributed by atoms with Crippen molar-refractivity contribution in [1.82, 2.24) is 14.7 Å². The lowest BCUT2D eigenvalue weighted by molar-refractivity contribution is -0.116. The van der Waals surface area contributed by atoms with Crippen LogP contribution in [-0.4, -0.2) is 104 Å². The van der Waals surface area contributed by atoms with Gasteiger partial charge in [-0.25, -0.2) is 4.79 Å². The van der Waals surface area contributed by atoms with Crippen LogP contribution in [0.5, 0.6) is 17.2 Å². The van der Waals surface area contributed by atoms with E-state index in [2.05, 4.69) is 10.6 Å². The summed E-state index contributed by atoms with van der Waals surface area (Å²) < 4.78 is 17.1. The van der Waals surface area contributed by atoms with Gasteiger partial charge in [-0.3, -0.25) is 9.59 Å². The average Bonchev–Trinajstić information content (AvgIpc) is 3.42. The Balaban J connectivity index is 1.50. The number of benzene rings is 2. The highest BCUT2D eigenvalue weighted by Crippen LogP contribution is 2.34. The van der Waals surface area contributed by atoms with Gasteiger partial charge in [0.1, 0.15) is 11.9 Å². The molecule has 4 rings (SSSR count). The number of amides is 4. The second-order valence-electron chi connectivity index (χ2n) is 11.2. The lowest BCUT2D eigenvalue weighted by Crippen LogP contribution is -2.50. The first kappa shape index (κ1) is 30.9. The molecule has 0 saturated heterocycles. The number of carbonyl (C=O) groups excluding carboxylic acids is 3. The van der Waals surface area contributed by atoms with Crippen LogP contribution in [0.25, 0.3) is 0 Å². The van der Waals surface area contributed by atoms with Gasteiger partial charge in [0, 0.05) is 43.4 Å². The first-order valence-corrected chi connectivity index (χ1v) is 14.1. The number of aliphatic hydroxyl groups is 1. The molecule has 12 heteroatoms. The highest BCUT2D eigenvalue weighted by molar-refractivity contribution is 6.00. The first-order valence-electron chi connectivity index (χ1n) is 14.1. The zero-order valence-corrected chi connectivity index (χ0v) is 24.9. The summed E-state index contributed by atoms with van der Waals surface area (Å²) in [5, 5.41) is 15.7. The Bertz CT molecular complexity index is 1290. The molecule has 0 aliphatic carbocycles. The Morgan fingerprint density at radius 1 is 1.05 bits per heavy atom. The summed E-state index contributed by atoms with van der Waals surface area (Å²) in [6.07, 6.45) is 0.598. The lowest BCUT2D eigenvalue weighted by atomic mass is 9.99. The van der Waals surface area contributed by atoms with Crippen LogP contribution in [0.4, 0.5) is 16.2 Å². The van der Waals surface area contributed by atoms with Gasteiger partial charge in [-0.05, 0) is 64.3 Å². The van der Waals surface area contributed by atoms with E-state index in [-0.39, 0.29) is 49.3 Å². The molecule has 0 bridgehead atoms. The Kier molecular flexibility index (Phi) is 10.1. The van der Waals surface area contributed by atoms with Crippen LogP contribution in [0.3, 0.4) is 0 Å². The summed E-state index contributed by atoms with van der Waals surface area (Å²) in [5.74, 6) is 0.929. The van der Waals surface area contributed by atoms with E-state index in [0.717, 1.165) is 6.54 Å². The Morgan fingerprint density at radius 2 is 1.74 bits per heavy atom. The maximum absolute atomic E-state index is 13.7. The molecule has 4 amide bonds. The third-order valence-electron chi connectivity index (χ3n) is 7.38. The second kappa shape index (κ2) is 13.8. The van der Waals surface area contributed by atoms with Crippen molar-refractivity contribution in [1.29, 1.82) is 0 Å². The maximum Gasteiger partial charge on any atom is 0.321 e. The predicted molar refractivity (Wildman–Crippen MR) is 158 cm³/mol. The standard InChI is InChI=1S/C30H41N5O7/c1-19-15-35(20(2)17-36)29(38)23-13-21(31-28(37)7-6-12-33(3)4)8-10-24(23)42-27(19)16-34(5)30(39)32-22-9-11-25-26(14-22)41-18-40-25/h8-11,13-14,19-20,27,36H,6-7,12,15-18H2,1-5H3,(H,31,37)(H,32,39)/t19-,20-,27+/m0/s1. The third-order valence-corrected chi connectivity index (χ3v) is 7.38. The van der Waals surface area contributed by atoms with Gasteiger partial charge in [-0.15, -0.1) is 0 Å². The molecule has 12 nitrogen and oxygen atoms in total. The Labute approximate surface area is 246 Å². The van der Waals surface area contributed by atoms with Gasteiger partial charge < -0.3 is 44.7 Å². The van der Waals surface area contributed by atoms with Crippen molar-refractivity contribution < 1.29 is 33.7 Å². The molecule has 42 heavy (non-hydrogen) atoms. The van der Waals surface area contributed by atoms with Gasteiger partial charge in [0.05, 0.1) is 24.8 Å². The quantitative estimate of drug-likeness (QED) is 0.389. The zero-order valence-electron chi connectivity index (χ0n) is 24.9. The molecular formula is C30H41N5O7. The summed E-state index contributed by atoms with van der Waals surface area (Å²) in [7, 11) is 5.58. The number of likely N-dealkylation sites (N-methyl/N-ethyl adjacent to an activating group) is 1. The number of urea groups is 1. The van der Waals surface area contributed by atoms with Crippen LogP contribution in [0.15, 0.2) is 36.4 Å². The molecule has 0 radical (unpaired) electrons. The fraction of sp³-hybridized carbons (Fsp3) is 0.500. The largest absolute Gasteiger partial charge is 0.487 e. The van der Waals surface area contributed by atoms with Crippen molar-refractivity contribution in [3.05, 3.63) is 42.0 Å². The SMILES string of the molecule is C[C@H]1CN([C@@H](C)CO)C(=O)c2cc(NC(=O)CCCN(C)C)ccc2O[C@@H]1CN(C)C(=O)Nc1ccc2c(c1)OCO2. The van der Waals surface area contributed by atoms with Crippen LogP contribution >= 0.6 is 0 Å². The number of anilines is 2. The van der Waals surface area contributed by atoms with E-state index < -0.39 is 12.1 Å². The van der Waals surface area contributed by atoms with Crippen molar-refractivity contribution in [3.63, 3.8) is 0 Å². The highest BCUT2D eigenvalue weighted by atomic mass is 16.7. The second-order valence-corrected chi connectivity index (χ2v) is 11.2. The van der Waals surface area contributed by atoms with E-state index in [1.807, 2.05) is 25.9 Å². The fourth-order valence-corrected chi connectivity index (χ4v) is 4.84. The Hall–Kier alpha value is -4.03. The van der Waals surface area contributed by atoms with E-state index in [0.29, 0.717) is 48.0 Å². The smallest absolute Gasteiger partial charge is 0.321 e. The summed E-state index contributed by atoms with van der Waals surface area (Å²) >= 11 is 0. The van der Waals surface area contributed by atoms with Crippen LogP contribution in [-0.2, 0) is 4.79 Å². The van der Waals surface area contributed by atoms with E-state index in [9.17, 15) is 19.5 Å². The molecule has 228 valence electrons. The topological polar surface area (TPSA) is 133 Å². The van der Waals surface area contributed by atoms with Gasteiger partial charge in [0.25, 0.3) is 5.91 Å². The molecule has 0 unspecified atom stereocenters. The molecule has 2 aromatic rings. The number of ether oxygens (including phenoxy) is 3. The normalized spacial score (nSPS) is 18.5. The molecule has 2 aliphatic rings. The number of carbonyl (C=O) groups is 3. The Morgan fingerprint density at radius 3 is 2.45 bits per heavy atom. The molecule has 2 heterocycles. The summed E-state index contributed by atoms with van der Waals surface area (Å²) in [6, 6.07) is 9.39. The van der Waals surface area contributed by atoms with Crippen LogP contribution in [0.1, 0.15) is 37.0 Å². The third kappa shape index (κ3) is 7.62. The lowest BCUT2D eigenvalue weighted by Gasteiger charge is -2.38. The minimum Gasteiger partial charge on any atom is -0.487 e. The molecule has 0 aromatic heterocycles. The number of rotatable bonds is 10. The molecule has 3 atom stereocenters. The summed E-state index contributed by atoms with van der Waals surface area (Å²) in [5.41, 5.74) is 1.34. The van der Waals surface area contributed by atoms with Gasteiger partial charge in [0.2, 0.25) is 12.7 Å². The van der Waals surface area contributed by atoms with Gasteiger partial charge >= 0.3 is 6.03 Å². The summed E-state index contributed by atoms with van der Waals surface area (Å²) in [4.78, 5) is 44.4. The van der Waals surface area contributed by atoms with Crippen molar-refractivity contribution >= 4 is 29.2 Å². The zero-order chi connectivity index (χ0) is 30.4. The monoisotopic (exact) mass is 583 g/mol. The van der Waals surface area contributed by atoms with Crippen molar-refractivity contribution in [2.45, 2.75) is 38.8 Å². The van der Waals surface area contributed by atoms with Crippen LogP contribution in [0, 0.1) is 5.92 Å². The van der Waals surface area contributed by atoms with E-state index in [4.69, 9.17) is 14.2 Å². The number of nitrogens with zero attached hydrogens (tertiary/aromatic N) is 3. The average molecular weight is 584 g/mol. The molecule has 0 spiro atoms. The molecular weight excluding hydrogens is 542 g/mol. The minimum atomic E-state index is -0.468. The molecule has 3 N–H and O–H groups in total. The molecule has 2 aromatic carbocycles. The van der Waals surface area contributed by atoms with Gasteiger partial charge in [0.15, 0.2) is 11.5 Å². The number of hydrogen-bond donors (Lipinski definition) is 3. The molecule has 0 saturated carbocycles. The number of fused-ring (bicyclic) bond motifs is 2. The predicted octanol–water partition coefficient (Wildman–Crippen LogP) is 3.08. The van der Waals surface area contributed by atoms with Gasteiger partial charge in [-0.2, -0.15) is 0 Å². The number of aliphatic hydroxyl groups excluding tert-OH is 1. The van der Waals surface area contributed by atoms with Crippen molar-refractivity contribution in [2.75, 3.05) is 64.8 Å². The highest BCUT2D eigenvalue weighted by Gasteiger charge is 2.34. The molecule has 0 fully saturated rings. The number of hydrogen-bond acceptors (Lipinski definition) is 8. The van der Waals surface area contributed by atoms with Crippen molar-refractivity contribution in [3.8, 4) is 17.2 Å². The minimum absolute atomic E-state index is 0.141. The fourth-order valence-electron chi connectivity index (χ4n) is 4.84. The van der Waals surface area contributed by atoms with E-state index in [1.54, 1.807) is 55.3 Å². The summed E-state index contributed by atoms with van der Waals surface area (Å²) in [6.45, 7) is 5.00. The van der Waals surface area contributed by atoms with Crippen molar-refractivity contribution in [2.24, 2.45) is 5.92 Å². The first-order chi connectivity index (χ1) is 20.0.